The molecular formula is C5H14AlIN2. The Kier molecular flexibility index (Phi) is 5.56. The predicted octanol–water partition coefficient (Wildman–Crippen LogP) is 1.58. The lowest BCUT2D eigenvalue weighted by atomic mass is 10.4. The van der Waals surface area contributed by atoms with Crippen LogP contribution in [0.1, 0.15) is 13.3 Å². The molecule has 0 aliphatic carbocycles. The first-order valence-corrected chi connectivity index (χ1v) is 7.08. The second-order valence-electron chi connectivity index (χ2n) is 2.41. The summed E-state index contributed by atoms with van der Waals surface area (Å²) in [5.41, 5.74) is 5.77. The summed E-state index contributed by atoms with van der Waals surface area (Å²) in [6.07, 6.45) is 1.32. The van der Waals surface area contributed by atoms with Crippen LogP contribution in [0.4, 0.5) is 0 Å². The zero-order valence-corrected chi connectivity index (χ0v) is 9.58. The maximum atomic E-state index is 5.77. The van der Waals surface area contributed by atoms with Crippen molar-refractivity contribution in [3.05, 3.63) is 0 Å². The molecule has 0 aromatic heterocycles. The lowest BCUT2D eigenvalue weighted by molar-refractivity contribution is 0.512. The molecule has 9 heavy (non-hydrogen) atoms. The maximum absolute atomic E-state index is 5.77. The van der Waals surface area contributed by atoms with Gasteiger partial charge < -0.3 is 7.83 Å². The van der Waals surface area contributed by atoms with Crippen LogP contribution in [0, 0.1) is 0 Å². The van der Waals surface area contributed by atoms with Gasteiger partial charge in [0.2, 0.25) is 0 Å². The van der Waals surface area contributed by atoms with Crippen molar-refractivity contribution in [2.45, 2.75) is 31.1 Å². The highest BCUT2D eigenvalue weighted by Crippen LogP contribution is 2.07. The second kappa shape index (κ2) is 4.92. The van der Waals surface area contributed by atoms with Crippen molar-refractivity contribution in [3.63, 3.8) is 0 Å². The van der Waals surface area contributed by atoms with Crippen molar-refractivity contribution in [2.75, 3.05) is 0 Å². The zero-order valence-electron chi connectivity index (χ0n) is 6.26. The van der Waals surface area contributed by atoms with Crippen LogP contribution in [-0.2, 0) is 0 Å². The summed E-state index contributed by atoms with van der Waals surface area (Å²) in [4.78, 5) is 0. The third kappa shape index (κ3) is 3.79. The monoisotopic (exact) mass is 256 g/mol. The maximum Gasteiger partial charge on any atom is 0.380 e. The summed E-state index contributed by atoms with van der Waals surface area (Å²) < 4.78 is 2.28. The van der Waals surface area contributed by atoms with Crippen LogP contribution >= 0.6 is 22.9 Å². The Labute approximate surface area is 75.9 Å². The minimum absolute atomic E-state index is 0.275. The van der Waals surface area contributed by atoms with Gasteiger partial charge in [0, 0.05) is 6.17 Å². The van der Waals surface area contributed by atoms with Crippen molar-refractivity contribution in [3.8, 4) is 0 Å². The van der Waals surface area contributed by atoms with Crippen LogP contribution in [0.15, 0.2) is 0 Å². The van der Waals surface area contributed by atoms with E-state index in [-0.39, 0.29) is 6.17 Å². The van der Waals surface area contributed by atoms with Gasteiger partial charge >= 0.3 is 14.4 Å². The molecule has 0 heterocycles. The fraction of sp³-hybridized carbons (Fsp3) is 1.00. The summed E-state index contributed by atoms with van der Waals surface area (Å²) in [7, 11) is 0. The highest BCUT2D eigenvalue weighted by molar-refractivity contribution is 14.1. The van der Waals surface area contributed by atoms with Gasteiger partial charge in [-0.15, -0.1) is 0 Å². The first kappa shape index (κ1) is 10.2. The fourth-order valence-electron chi connectivity index (χ4n) is 0.557. The molecule has 0 fully saturated rings. The van der Waals surface area contributed by atoms with Crippen molar-refractivity contribution in [1.29, 1.82) is 0 Å². The second-order valence-corrected chi connectivity index (χ2v) is 7.32. The first-order valence-electron chi connectivity index (χ1n) is 3.29. The van der Waals surface area contributed by atoms with Gasteiger partial charge in [0.15, 0.2) is 0 Å². The van der Waals surface area contributed by atoms with E-state index in [1.807, 2.05) is 0 Å². The Morgan fingerprint density at radius 1 is 1.67 bits per heavy atom. The first-order chi connectivity index (χ1) is 4.09. The minimum atomic E-state index is -0.645. The molecule has 4 heteroatoms. The van der Waals surface area contributed by atoms with Gasteiger partial charge in [0.25, 0.3) is 0 Å². The molecular weight excluding hydrogens is 242 g/mol. The Morgan fingerprint density at radius 2 is 2.11 bits per heavy atom. The molecule has 0 saturated carbocycles. The van der Waals surface area contributed by atoms with E-state index in [0.29, 0.717) is 0 Å². The van der Waals surface area contributed by atoms with Crippen LogP contribution in [0.5, 0.6) is 0 Å². The number of halogens is 1. The van der Waals surface area contributed by atoms with Gasteiger partial charge in [-0.05, 0) is 29.3 Å². The molecule has 0 aromatic rings. The molecule has 0 rings (SSSR count). The van der Waals surface area contributed by atoms with Crippen molar-refractivity contribution in [2.24, 2.45) is 5.73 Å². The third-order valence-electron chi connectivity index (χ3n) is 1.23. The van der Waals surface area contributed by atoms with Gasteiger partial charge in [0.05, 0.1) is 0 Å². The van der Waals surface area contributed by atoms with Crippen LogP contribution in [-0.4, -0.2) is 22.6 Å². The topological polar surface area (TPSA) is 29.3 Å². The fourth-order valence-corrected chi connectivity index (χ4v) is 1.93. The van der Waals surface area contributed by atoms with Gasteiger partial charge in [-0.3, -0.25) is 0 Å². The van der Waals surface area contributed by atoms with E-state index in [1.165, 1.54) is 0 Å². The summed E-state index contributed by atoms with van der Waals surface area (Å²) in [5.74, 6) is 4.56. The van der Waals surface area contributed by atoms with E-state index in [1.54, 1.807) is 0 Å². The predicted molar refractivity (Wildman–Crippen MR) is 51.6 cm³/mol. The van der Waals surface area contributed by atoms with Gasteiger partial charge in [-0.2, -0.15) is 0 Å². The summed E-state index contributed by atoms with van der Waals surface area (Å²) in [6.45, 7) is 2.12. The molecule has 0 spiro atoms. The lowest BCUT2D eigenvalue weighted by Crippen LogP contribution is -2.40. The third-order valence-corrected chi connectivity index (χ3v) is 6.66. The Hall–Kier alpha value is 1.18. The van der Waals surface area contributed by atoms with Gasteiger partial charge in [-0.25, -0.2) is 0 Å². The molecule has 1 unspecified atom stereocenters. The van der Waals surface area contributed by atoms with E-state index >= 15 is 0 Å². The molecule has 2 N–H and O–H groups in total. The molecule has 0 aliphatic heterocycles. The Bertz CT molecular complexity index is 79.4. The molecule has 0 saturated heterocycles. The summed E-state index contributed by atoms with van der Waals surface area (Å²) >= 11 is 1.68. The number of nitrogens with zero attached hydrogens (tertiary/aromatic N) is 1. The van der Waals surface area contributed by atoms with Crippen molar-refractivity contribution >= 4 is 37.2 Å². The van der Waals surface area contributed by atoms with Crippen molar-refractivity contribution < 1.29 is 0 Å². The quantitative estimate of drug-likeness (QED) is 0.359. The molecule has 2 nitrogen and oxygen atoms in total. The molecule has 0 aliphatic rings. The van der Waals surface area contributed by atoms with Crippen LogP contribution in [0.2, 0.25) is 11.6 Å². The van der Waals surface area contributed by atoms with Crippen molar-refractivity contribution in [1.82, 2.24) is 2.10 Å². The molecule has 0 bridgehead atoms. The van der Waals surface area contributed by atoms with E-state index in [4.69, 9.17) is 5.73 Å². The smallest absolute Gasteiger partial charge is 0.317 e. The number of rotatable bonds is 3. The molecule has 0 amide bonds. The standard InChI is InChI=1S/C3H8IN2.2CH3.Al/c1-2-3(5)6-4;;;/h3H,2,5H2,1H3;2*1H3;/q-1;;;+1. The zero-order chi connectivity index (χ0) is 7.44. The highest BCUT2D eigenvalue weighted by atomic mass is 127. The summed E-state index contributed by atoms with van der Waals surface area (Å²) in [5, 5.41) is 0. The van der Waals surface area contributed by atoms with Gasteiger partial charge in [-0.1, -0.05) is 18.5 Å². The normalized spacial score (nSPS) is 14.0. The van der Waals surface area contributed by atoms with Crippen LogP contribution < -0.4 is 5.73 Å². The molecule has 54 valence electrons. The molecule has 0 aromatic carbocycles. The number of hydrogen-bond acceptors (Lipinski definition) is 2. The van der Waals surface area contributed by atoms with E-state index in [9.17, 15) is 0 Å². The number of hydrogen-bond donors (Lipinski definition) is 1. The van der Waals surface area contributed by atoms with E-state index in [2.05, 4.69) is 43.5 Å². The molecule has 1 atom stereocenters. The van der Waals surface area contributed by atoms with Gasteiger partial charge in [0.1, 0.15) is 0 Å². The van der Waals surface area contributed by atoms with E-state index < -0.39 is 14.4 Å². The van der Waals surface area contributed by atoms with Crippen LogP contribution in [0.3, 0.4) is 0 Å². The number of nitrogens with two attached hydrogens (primary N) is 1. The average molecular weight is 256 g/mol. The average Bonchev–Trinajstić information content (AvgIpc) is 1.84. The summed E-state index contributed by atoms with van der Waals surface area (Å²) in [6, 6.07) is 0. The lowest BCUT2D eigenvalue weighted by Gasteiger charge is -2.22. The highest BCUT2D eigenvalue weighted by Gasteiger charge is 2.16. The largest absolute Gasteiger partial charge is 0.380 e. The van der Waals surface area contributed by atoms with E-state index in [0.717, 1.165) is 6.42 Å². The Morgan fingerprint density at radius 3 is 2.22 bits per heavy atom. The molecule has 0 radical (unpaired) electrons. The minimum Gasteiger partial charge on any atom is -0.317 e. The Balaban J connectivity index is 3.58. The SMILES string of the molecule is CCC(N)[N](I)[Al]([CH3])[CH3]. The van der Waals surface area contributed by atoms with Crippen LogP contribution in [0.25, 0.3) is 0 Å².